The van der Waals surface area contributed by atoms with Crippen molar-refractivity contribution >= 4 is 11.9 Å². The first kappa shape index (κ1) is 19.6. The number of pyridine rings is 1. The average Bonchev–Trinajstić information content (AvgIpc) is 2.68. The molecule has 1 saturated carbocycles. The number of urea groups is 1. The van der Waals surface area contributed by atoms with Crippen LogP contribution in [0.25, 0.3) is 0 Å². The van der Waals surface area contributed by atoms with Gasteiger partial charge in [-0.3, -0.25) is 15.0 Å². The van der Waals surface area contributed by atoms with E-state index in [0.29, 0.717) is 5.56 Å². The lowest BCUT2D eigenvalue weighted by atomic mass is 9.96. The van der Waals surface area contributed by atoms with Crippen LogP contribution in [-0.2, 0) is 6.54 Å². The topological polar surface area (TPSA) is 92.2 Å². The van der Waals surface area contributed by atoms with Gasteiger partial charge in [0, 0.05) is 12.2 Å². The molecule has 0 aliphatic heterocycles. The molecule has 0 saturated heterocycles. The lowest BCUT2D eigenvalue weighted by Crippen LogP contribution is -2.51. The minimum absolute atomic E-state index is 0.103. The van der Waals surface area contributed by atoms with E-state index in [1.807, 2.05) is 0 Å². The van der Waals surface area contributed by atoms with Gasteiger partial charge in [-0.25, -0.2) is 14.6 Å². The van der Waals surface area contributed by atoms with E-state index >= 15 is 0 Å². The van der Waals surface area contributed by atoms with Gasteiger partial charge in [-0.15, -0.1) is 0 Å². The van der Waals surface area contributed by atoms with Crippen LogP contribution in [0.2, 0.25) is 0 Å². The predicted octanol–water partition coefficient (Wildman–Crippen LogP) is 2.31. The van der Waals surface area contributed by atoms with Gasteiger partial charge in [-0.1, -0.05) is 31.4 Å². The van der Waals surface area contributed by atoms with E-state index in [-0.39, 0.29) is 18.2 Å². The quantitative estimate of drug-likeness (QED) is 0.704. The molecule has 3 amide bonds. The molecule has 0 atom stereocenters. The number of hydrazine groups is 1. The van der Waals surface area contributed by atoms with Crippen molar-refractivity contribution in [2.75, 3.05) is 0 Å². The standard InChI is InChI=1S/C20H23FN4O3/c21-15-7-4-6-14(12-15)13-25-11-5-10-17(19(25)27)18(26)23-24-20(28)22-16-8-2-1-3-9-16/h4-7,10-12,16H,1-3,8-9,13H2,(H,23,26)(H2,22,24,28). The maximum Gasteiger partial charge on any atom is 0.333 e. The minimum atomic E-state index is -0.711. The summed E-state index contributed by atoms with van der Waals surface area (Å²) in [5, 5.41) is 2.81. The Morgan fingerprint density at radius 2 is 1.86 bits per heavy atom. The Hall–Kier alpha value is -3.16. The number of amides is 3. The molecule has 1 aliphatic carbocycles. The molecule has 7 nitrogen and oxygen atoms in total. The lowest BCUT2D eigenvalue weighted by molar-refractivity contribution is 0.0933. The van der Waals surface area contributed by atoms with Crippen molar-refractivity contribution < 1.29 is 14.0 Å². The van der Waals surface area contributed by atoms with Crippen LogP contribution in [0.15, 0.2) is 47.4 Å². The molecule has 1 fully saturated rings. The van der Waals surface area contributed by atoms with Crippen LogP contribution >= 0.6 is 0 Å². The predicted molar refractivity (Wildman–Crippen MR) is 102 cm³/mol. The molecule has 28 heavy (non-hydrogen) atoms. The Bertz CT molecular complexity index is 906. The third-order valence-corrected chi connectivity index (χ3v) is 4.74. The van der Waals surface area contributed by atoms with Crippen LogP contribution in [-0.4, -0.2) is 22.5 Å². The average molecular weight is 386 g/mol. The van der Waals surface area contributed by atoms with Crippen LogP contribution in [0.3, 0.4) is 0 Å². The SMILES string of the molecule is O=C(NNC(=O)c1cccn(Cc2cccc(F)c2)c1=O)NC1CCCCC1. The van der Waals surface area contributed by atoms with Crippen LogP contribution in [0.5, 0.6) is 0 Å². The number of hydrogen-bond acceptors (Lipinski definition) is 3. The van der Waals surface area contributed by atoms with E-state index in [2.05, 4.69) is 16.2 Å². The molecule has 0 unspecified atom stereocenters. The number of aromatic nitrogens is 1. The number of carbonyl (C=O) groups excluding carboxylic acids is 2. The first-order valence-corrected chi connectivity index (χ1v) is 9.33. The van der Waals surface area contributed by atoms with Gasteiger partial charge >= 0.3 is 6.03 Å². The maximum absolute atomic E-state index is 13.3. The molecule has 148 valence electrons. The molecule has 1 aromatic heterocycles. The van der Waals surface area contributed by atoms with Gasteiger partial charge < -0.3 is 9.88 Å². The number of halogens is 1. The number of carbonyl (C=O) groups is 2. The fraction of sp³-hybridized carbons (Fsp3) is 0.350. The fourth-order valence-electron chi connectivity index (χ4n) is 3.32. The van der Waals surface area contributed by atoms with E-state index in [9.17, 15) is 18.8 Å². The molecule has 0 radical (unpaired) electrons. The largest absolute Gasteiger partial charge is 0.334 e. The zero-order valence-corrected chi connectivity index (χ0v) is 15.4. The first-order chi connectivity index (χ1) is 13.5. The Morgan fingerprint density at radius 3 is 2.61 bits per heavy atom. The summed E-state index contributed by atoms with van der Waals surface area (Å²) in [6.07, 6.45) is 6.69. The monoisotopic (exact) mass is 386 g/mol. The smallest absolute Gasteiger partial charge is 0.333 e. The van der Waals surface area contributed by atoms with Gasteiger partial charge in [-0.2, -0.15) is 0 Å². The second kappa shape index (κ2) is 9.16. The molecular formula is C20H23FN4O3. The summed E-state index contributed by atoms with van der Waals surface area (Å²) in [7, 11) is 0. The van der Waals surface area contributed by atoms with Crippen molar-refractivity contribution in [2.45, 2.75) is 44.7 Å². The normalized spacial score (nSPS) is 14.3. The molecule has 0 bridgehead atoms. The van der Waals surface area contributed by atoms with Crippen molar-refractivity contribution in [1.82, 2.24) is 20.7 Å². The van der Waals surface area contributed by atoms with E-state index in [4.69, 9.17) is 0 Å². The van der Waals surface area contributed by atoms with Crippen LogP contribution < -0.4 is 21.7 Å². The number of nitrogens with one attached hydrogen (secondary N) is 3. The summed E-state index contributed by atoms with van der Waals surface area (Å²) in [6.45, 7) is 0.132. The van der Waals surface area contributed by atoms with Crippen molar-refractivity contribution in [1.29, 1.82) is 0 Å². The molecule has 3 rings (SSSR count). The molecular weight excluding hydrogens is 363 g/mol. The molecule has 1 aliphatic rings. The molecule has 2 aromatic rings. The summed E-state index contributed by atoms with van der Waals surface area (Å²) in [5.41, 5.74) is 4.50. The van der Waals surface area contributed by atoms with Crippen LogP contribution in [0.1, 0.15) is 48.0 Å². The van der Waals surface area contributed by atoms with E-state index in [1.165, 1.54) is 35.4 Å². The Morgan fingerprint density at radius 1 is 1.07 bits per heavy atom. The zero-order chi connectivity index (χ0) is 19.9. The minimum Gasteiger partial charge on any atom is -0.334 e. The first-order valence-electron chi connectivity index (χ1n) is 9.33. The van der Waals surface area contributed by atoms with Gasteiger partial charge in [0.1, 0.15) is 11.4 Å². The maximum atomic E-state index is 13.3. The molecule has 3 N–H and O–H groups in total. The van der Waals surface area contributed by atoms with E-state index in [0.717, 1.165) is 25.7 Å². The summed E-state index contributed by atoms with van der Waals surface area (Å²) < 4.78 is 14.6. The van der Waals surface area contributed by atoms with E-state index in [1.54, 1.807) is 18.2 Å². The summed E-state index contributed by atoms with van der Waals surface area (Å²) >= 11 is 0. The van der Waals surface area contributed by atoms with Crippen LogP contribution in [0, 0.1) is 5.82 Å². The summed E-state index contributed by atoms with van der Waals surface area (Å²) in [4.78, 5) is 36.8. The second-order valence-electron chi connectivity index (χ2n) is 6.87. The van der Waals surface area contributed by atoms with Crippen LogP contribution in [0.4, 0.5) is 9.18 Å². The van der Waals surface area contributed by atoms with Crippen molar-refractivity contribution in [3.05, 3.63) is 69.9 Å². The number of nitrogens with zero attached hydrogens (tertiary/aromatic N) is 1. The van der Waals surface area contributed by atoms with Crippen molar-refractivity contribution in [2.24, 2.45) is 0 Å². The van der Waals surface area contributed by atoms with Gasteiger partial charge in [0.25, 0.3) is 11.5 Å². The highest BCUT2D eigenvalue weighted by Crippen LogP contribution is 2.17. The molecule has 1 heterocycles. The van der Waals surface area contributed by atoms with Crippen molar-refractivity contribution in [3.8, 4) is 0 Å². The Kier molecular flexibility index (Phi) is 6.41. The molecule has 0 spiro atoms. The van der Waals surface area contributed by atoms with Gasteiger partial charge in [0.05, 0.1) is 6.54 Å². The highest BCUT2D eigenvalue weighted by atomic mass is 19.1. The molecule has 1 aromatic carbocycles. The second-order valence-corrected chi connectivity index (χ2v) is 6.87. The van der Waals surface area contributed by atoms with E-state index < -0.39 is 23.3 Å². The highest BCUT2D eigenvalue weighted by molar-refractivity contribution is 5.94. The number of rotatable bonds is 4. The number of hydrogen-bond donors (Lipinski definition) is 3. The third-order valence-electron chi connectivity index (χ3n) is 4.74. The van der Waals surface area contributed by atoms with Gasteiger partial charge in [0.15, 0.2) is 0 Å². The van der Waals surface area contributed by atoms with Crippen molar-refractivity contribution in [3.63, 3.8) is 0 Å². The fourth-order valence-corrected chi connectivity index (χ4v) is 3.32. The Balaban J connectivity index is 1.60. The Labute approximate surface area is 161 Å². The summed E-state index contributed by atoms with van der Waals surface area (Å²) in [5.74, 6) is -1.11. The lowest BCUT2D eigenvalue weighted by Gasteiger charge is -2.22. The number of benzene rings is 1. The van der Waals surface area contributed by atoms with Gasteiger partial charge in [-0.05, 0) is 42.7 Å². The van der Waals surface area contributed by atoms with Gasteiger partial charge in [0.2, 0.25) is 0 Å². The molecule has 8 heteroatoms. The third kappa shape index (κ3) is 5.18. The summed E-state index contributed by atoms with van der Waals surface area (Å²) in [6, 6.07) is 8.43. The zero-order valence-electron chi connectivity index (χ0n) is 15.4. The highest BCUT2D eigenvalue weighted by Gasteiger charge is 2.17.